The summed E-state index contributed by atoms with van der Waals surface area (Å²) < 4.78 is 4.58. The monoisotopic (exact) mass is 335 g/mol. The normalized spacial score (nSPS) is 10.4. The van der Waals surface area contributed by atoms with E-state index in [1.54, 1.807) is 12.3 Å². The minimum absolute atomic E-state index is 0.123. The van der Waals surface area contributed by atoms with E-state index in [1.165, 1.54) is 7.11 Å². The Kier molecular flexibility index (Phi) is 4.99. The van der Waals surface area contributed by atoms with Crippen molar-refractivity contribution in [2.45, 2.75) is 6.42 Å². The highest BCUT2D eigenvalue weighted by Crippen LogP contribution is 2.23. The summed E-state index contributed by atoms with van der Waals surface area (Å²) in [6.07, 6.45) is 1.81. The third kappa shape index (κ3) is 3.80. The highest BCUT2D eigenvalue weighted by atomic mass is 16.5. The maximum atomic E-state index is 12.6. The van der Waals surface area contributed by atoms with E-state index in [4.69, 9.17) is 0 Å². The van der Waals surface area contributed by atoms with Crippen LogP contribution in [0, 0.1) is 0 Å². The molecular weight excluding hydrogens is 318 g/mol. The van der Waals surface area contributed by atoms with Gasteiger partial charge in [-0.3, -0.25) is 14.6 Å². The van der Waals surface area contributed by atoms with Gasteiger partial charge in [-0.05, 0) is 24.3 Å². The van der Waals surface area contributed by atoms with Gasteiger partial charge >= 0.3 is 5.97 Å². The van der Waals surface area contributed by atoms with Crippen molar-refractivity contribution in [2.24, 2.45) is 0 Å². The molecule has 0 aliphatic carbocycles. The molecule has 1 aromatic carbocycles. The van der Waals surface area contributed by atoms with E-state index in [0.717, 1.165) is 5.39 Å². The standard InChI is InChI=1S/C19H17N3O3/c1-25-18(23)9-11-21-19(24)14-12-17(16-8-4-5-10-20-16)22-15-7-3-2-6-13(14)15/h2-8,10,12H,9,11H2,1H3,(H,21,24). The summed E-state index contributed by atoms with van der Waals surface area (Å²) in [6.45, 7) is 0.209. The maximum absolute atomic E-state index is 12.6. The molecule has 25 heavy (non-hydrogen) atoms. The van der Waals surface area contributed by atoms with Crippen molar-refractivity contribution >= 4 is 22.8 Å². The van der Waals surface area contributed by atoms with Crippen molar-refractivity contribution < 1.29 is 14.3 Å². The summed E-state index contributed by atoms with van der Waals surface area (Å²) >= 11 is 0. The Morgan fingerprint density at radius 1 is 1.08 bits per heavy atom. The molecule has 0 saturated heterocycles. The molecule has 0 atom stereocenters. The number of hydrogen-bond acceptors (Lipinski definition) is 5. The second-order valence-electron chi connectivity index (χ2n) is 5.37. The number of nitrogens with zero attached hydrogens (tertiary/aromatic N) is 2. The molecule has 0 unspecified atom stereocenters. The summed E-state index contributed by atoms with van der Waals surface area (Å²) in [6, 6.07) is 14.7. The number of amides is 1. The number of ether oxygens (including phenoxy) is 1. The first-order chi connectivity index (χ1) is 12.2. The van der Waals surface area contributed by atoms with Crippen LogP contribution in [0.15, 0.2) is 54.7 Å². The van der Waals surface area contributed by atoms with Crippen LogP contribution in [0.4, 0.5) is 0 Å². The van der Waals surface area contributed by atoms with Gasteiger partial charge in [0, 0.05) is 18.1 Å². The number of benzene rings is 1. The van der Waals surface area contributed by atoms with Gasteiger partial charge in [0.05, 0.1) is 36.0 Å². The van der Waals surface area contributed by atoms with E-state index in [1.807, 2.05) is 42.5 Å². The average Bonchev–Trinajstić information content (AvgIpc) is 2.67. The number of pyridine rings is 2. The largest absolute Gasteiger partial charge is 0.469 e. The molecule has 1 amide bonds. The Hall–Kier alpha value is -3.28. The van der Waals surface area contributed by atoms with Crippen molar-refractivity contribution in [3.05, 3.63) is 60.3 Å². The quantitative estimate of drug-likeness (QED) is 0.725. The Bertz CT molecular complexity index is 910. The molecule has 6 nitrogen and oxygen atoms in total. The number of fused-ring (bicyclic) bond motifs is 1. The third-order valence-corrected chi connectivity index (χ3v) is 3.73. The van der Waals surface area contributed by atoms with Crippen LogP contribution in [-0.2, 0) is 9.53 Å². The van der Waals surface area contributed by atoms with Crippen LogP contribution in [0.25, 0.3) is 22.3 Å². The van der Waals surface area contributed by atoms with Gasteiger partial charge in [-0.25, -0.2) is 4.98 Å². The van der Waals surface area contributed by atoms with E-state index in [-0.39, 0.29) is 24.8 Å². The van der Waals surface area contributed by atoms with Crippen molar-refractivity contribution in [1.82, 2.24) is 15.3 Å². The first-order valence-electron chi connectivity index (χ1n) is 7.85. The molecule has 0 spiro atoms. The number of methoxy groups -OCH3 is 1. The zero-order valence-corrected chi connectivity index (χ0v) is 13.7. The van der Waals surface area contributed by atoms with Gasteiger partial charge in [-0.2, -0.15) is 0 Å². The van der Waals surface area contributed by atoms with Gasteiger partial charge in [-0.15, -0.1) is 0 Å². The molecule has 0 radical (unpaired) electrons. The number of rotatable bonds is 5. The second kappa shape index (κ2) is 7.53. The number of carbonyl (C=O) groups is 2. The van der Waals surface area contributed by atoms with E-state index in [2.05, 4.69) is 20.0 Å². The third-order valence-electron chi connectivity index (χ3n) is 3.73. The maximum Gasteiger partial charge on any atom is 0.307 e. The molecule has 0 aliphatic heterocycles. The summed E-state index contributed by atoms with van der Waals surface area (Å²) in [5.41, 5.74) is 2.52. The number of nitrogens with one attached hydrogen (secondary N) is 1. The summed E-state index contributed by atoms with van der Waals surface area (Å²) in [4.78, 5) is 32.7. The molecule has 0 fully saturated rings. The zero-order chi connectivity index (χ0) is 17.6. The lowest BCUT2D eigenvalue weighted by Gasteiger charge is -2.10. The first-order valence-corrected chi connectivity index (χ1v) is 7.85. The fourth-order valence-electron chi connectivity index (χ4n) is 2.48. The molecule has 0 saturated carbocycles. The van der Waals surface area contributed by atoms with Crippen molar-refractivity contribution in [1.29, 1.82) is 0 Å². The van der Waals surface area contributed by atoms with Crippen LogP contribution < -0.4 is 5.32 Å². The minimum Gasteiger partial charge on any atom is -0.469 e. The zero-order valence-electron chi connectivity index (χ0n) is 13.7. The molecule has 6 heteroatoms. The van der Waals surface area contributed by atoms with E-state index in [9.17, 15) is 9.59 Å². The topological polar surface area (TPSA) is 81.2 Å². The van der Waals surface area contributed by atoms with E-state index in [0.29, 0.717) is 22.5 Å². The fourth-order valence-corrected chi connectivity index (χ4v) is 2.48. The van der Waals surface area contributed by atoms with Crippen LogP contribution in [0.5, 0.6) is 0 Å². The van der Waals surface area contributed by atoms with Crippen LogP contribution >= 0.6 is 0 Å². The Labute approximate surface area is 144 Å². The summed E-state index contributed by atoms with van der Waals surface area (Å²) in [5, 5.41) is 3.49. The van der Waals surface area contributed by atoms with Gasteiger partial charge < -0.3 is 10.1 Å². The number of carbonyl (C=O) groups excluding carboxylic acids is 2. The summed E-state index contributed by atoms with van der Waals surface area (Å²) in [7, 11) is 1.32. The van der Waals surface area contributed by atoms with Crippen molar-refractivity contribution in [2.75, 3.05) is 13.7 Å². The predicted octanol–water partition coefficient (Wildman–Crippen LogP) is 2.59. The molecule has 3 rings (SSSR count). The number of hydrogen-bond donors (Lipinski definition) is 1. The lowest BCUT2D eigenvalue weighted by atomic mass is 10.1. The molecule has 126 valence electrons. The SMILES string of the molecule is COC(=O)CCNC(=O)c1cc(-c2ccccn2)nc2ccccc12. The first kappa shape index (κ1) is 16.6. The fraction of sp³-hybridized carbons (Fsp3) is 0.158. The predicted molar refractivity (Wildman–Crippen MR) is 93.9 cm³/mol. The molecule has 1 N–H and O–H groups in total. The van der Waals surface area contributed by atoms with Gasteiger partial charge in [-0.1, -0.05) is 24.3 Å². The van der Waals surface area contributed by atoms with E-state index < -0.39 is 0 Å². The molecule has 3 aromatic rings. The number of esters is 1. The van der Waals surface area contributed by atoms with Gasteiger partial charge in [0.2, 0.25) is 0 Å². The molecule has 0 aliphatic rings. The second-order valence-corrected chi connectivity index (χ2v) is 5.37. The van der Waals surface area contributed by atoms with Gasteiger partial charge in [0.15, 0.2) is 0 Å². The highest BCUT2D eigenvalue weighted by molar-refractivity contribution is 6.07. The smallest absolute Gasteiger partial charge is 0.307 e. The molecule has 0 bridgehead atoms. The van der Waals surface area contributed by atoms with Crippen molar-refractivity contribution in [3.63, 3.8) is 0 Å². The Balaban J connectivity index is 1.95. The molecule has 2 aromatic heterocycles. The van der Waals surface area contributed by atoms with Crippen molar-refractivity contribution in [3.8, 4) is 11.4 Å². The number of aromatic nitrogens is 2. The van der Waals surface area contributed by atoms with Gasteiger partial charge in [0.25, 0.3) is 5.91 Å². The lowest BCUT2D eigenvalue weighted by Crippen LogP contribution is -2.26. The lowest BCUT2D eigenvalue weighted by molar-refractivity contribution is -0.140. The Morgan fingerprint density at radius 3 is 2.64 bits per heavy atom. The average molecular weight is 335 g/mol. The van der Waals surface area contributed by atoms with Crippen LogP contribution in [-0.4, -0.2) is 35.5 Å². The minimum atomic E-state index is -0.367. The number of para-hydroxylation sites is 1. The highest BCUT2D eigenvalue weighted by Gasteiger charge is 2.14. The molecule has 2 heterocycles. The molecular formula is C19H17N3O3. The van der Waals surface area contributed by atoms with Crippen LogP contribution in [0.2, 0.25) is 0 Å². The van der Waals surface area contributed by atoms with Gasteiger partial charge in [0.1, 0.15) is 0 Å². The van der Waals surface area contributed by atoms with E-state index >= 15 is 0 Å². The van der Waals surface area contributed by atoms with Crippen LogP contribution in [0.1, 0.15) is 16.8 Å². The van der Waals surface area contributed by atoms with Crippen LogP contribution in [0.3, 0.4) is 0 Å². The Morgan fingerprint density at radius 2 is 1.88 bits per heavy atom. The summed E-state index contributed by atoms with van der Waals surface area (Å²) in [5.74, 6) is -0.631.